The third-order valence-electron chi connectivity index (χ3n) is 17.5. The van der Waals surface area contributed by atoms with E-state index in [0.29, 0.717) is 6.61 Å². The SMILES string of the molecule is CO[Si](CCC[Si](C)(CCCOC(C)(CCC[Si](C)(CCC[Si](OC)(OC)OC)CCC[Si](OC)(OC)OC)CCC[Si](C)(CCC[Si](OC)(OC)OC)CCC[Si](OC)(OC)OC)CCC[Si](OC)(OC)OC)(OC)OC. The predicted molar refractivity (Wildman–Crippen MR) is 333 cm³/mol. The Morgan fingerprint density at radius 3 is 0.538 bits per heavy atom. The van der Waals surface area contributed by atoms with Crippen LogP contribution in [0, 0.1) is 0 Å². The van der Waals surface area contributed by atoms with Crippen molar-refractivity contribution in [2.45, 2.75) is 193 Å². The fraction of sp³-hybridized carbons (Fsp3) is 1.00. The van der Waals surface area contributed by atoms with Crippen LogP contribution in [-0.2, 0) is 84.4 Å². The maximum Gasteiger partial charge on any atom is 0.500 e. The Balaban J connectivity index is 7.01. The molecule has 0 radical (unpaired) electrons. The summed E-state index contributed by atoms with van der Waals surface area (Å²) in [5.41, 5.74) is -0.299. The minimum atomic E-state index is -2.72. The maximum atomic E-state index is 7.32. The average molecular weight is 1280 g/mol. The molecule has 0 N–H and O–H groups in total. The van der Waals surface area contributed by atoms with E-state index in [1.165, 1.54) is 12.1 Å². The lowest BCUT2D eigenvalue weighted by molar-refractivity contribution is -0.0443. The van der Waals surface area contributed by atoms with Gasteiger partial charge in [-0.2, -0.15) is 0 Å². The van der Waals surface area contributed by atoms with E-state index in [2.05, 4.69) is 26.6 Å². The van der Waals surface area contributed by atoms with Gasteiger partial charge < -0.3 is 84.4 Å². The van der Waals surface area contributed by atoms with Gasteiger partial charge in [-0.1, -0.05) is 125 Å². The molecule has 28 heteroatoms. The van der Waals surface area contributed by atoms with Crippen LogP contribution >= 0.6 is 0 Å². The van der Waals surface area contributed by atoms with Crippen LogP contribution in [0.4, 0.5) is 0 Å². The lowest BCUT2D eigenvalue weighted by atomic mass is 9.94. The van der Waals surface area contributed by atoms with Crippen molar-refractivity contribution in [3.05, 3.63) is 0 Å². The molecule has 0 fully saturated rings. The minimum absolute atomic E-state index is 0.299. The van der Waals surface area contributed by atoms with E-state index in [0.717, 1.165) is 149 Å². The molecule has 0 aromatic heterocycles. The van der Waals surface area contributed by atoms with Gasteiger partial charge in [-0.3, -0.25) is 0 Å². The first-order chi connectivity index (χ1) is 37.0. The van der Waals surface area contributed by atoms with Crippen LogP contribution in [0.3, 0.4) is 0 Å². The minimum Gasteiger partial charge on any atom is -0.377 e. The molecule has 0 amide bonds. The summed E-state index contributed by atoms with van der Waals surface area (Å²) in [5, 5.41) is 0. The van der Waals surface area contributed by atoms with Gasteiger partial charge >= 0.3 is 52.8 Å². The Morgan fingerprint density at radius 2 is 0.372 bits per heavy atom. The number of ether oxygens (including phenoxy) is 1. The smallest absolute Gasteiger partial charge is 0.377 e. The van der Waals surface area contributed by atoms with Crippen molar-refractivity contribution in [2.24, 2.45) is 0 Å². The lowest BCUT2D eigenvalue weighted by Gasteiger charge is -2.36. The molecule has 0 unspecified atom stereocenters. The largest absolute Gasteiger partial charge is 0.500 e. The molecule has 0 aromatic carbocycles. The standard InChI is InChI=1S/C50H120O19Si9/c1-50(32-23-35-70(20,38-26-44-73(51-2,52-3)53-4)39-27-45-74(54-5,55-6)56-7,33-24-36-71(21,40-28-46-75(57-8,58-9)59-10)41-29-47-76(60-11,61-12)62-13)69-34-25-37-72(22,42-30-48-77(63-14,64-15)65-16)43-31-49-78(66-17,67-18)68-19/h23-49H2,1-22H3. The van der Waals surface area contributed by atoms with Crippen molar-refractivity contribution >= 4 is 77.0 Å². The molecule has 0 heterocycles. The summed E-state index contributed by atoms with van der Waals surface area (Å²) >= 11 is 0. The fourth-order valence-corrected chi connectivity index (χ4v) is 35.7. The summed E-state index contributed by atoms with van der Waals surface area (Å²) in [7, 11) is 8.89. The van der Waals surface area contributed by atoms with Crippen LogP contribution in [0.15, 0.2) is 0 Å². The summed E-state index contributed by atoms with van der Waals surface area (Å²) in [4.78, 5) is 0. The monoisotopic (exact) mass is 1280 g/mol. The second-order valence-corrected chi connectivity index (χ2v) is 56.3. The van der Waals surface area contributed by atoms with Gasteiger partial charge in [0.25, 0.3) is 0 Å². The highest BCUT2D eigenvalue weighted by atomic mass is 28.4. The molecule has 0 aliphatic rings. The van der Waals surface area contributed by atoms with Gasteiger partial charge in [-0.15, -0.1) is 0 Å². The topological polar surface area (TPSA) is 175 Å². The molecule has 78 heavy (non-hydrogen) atoms. The van der Waals surface area contributed by atoms with Crippen molar-refractivity contribution < 1.29 is 84.4 Å². The van der Waals surface area contributed by atoms with E-state index < -0.39 is 77.0 Å². The summed E-state index contributed by atoms with van der Waals surface area (Å²) in [6.45, 7) is 10.8. The molecule has 470 valence electrons. The highest BCUT2D eigenvalue weighted by Crippen LogP contribution is 2.38. The van der Waals surface area contributed by atoms with Crippen LogP contribution in [0.1, 0.15) is 77.6 Å². The number of hydrogen-bond donors (Lipinski definition) is 0. The number of rotatable bonds is 55. The molecule has 0 aromatic rings. The van der Waals surface area contributed by atoms with Crippen LogP contribution < -0.4 is 0 Å². The highest BCUT2D eigenvalue weighted by Gasteiger charge is 2.44. The molecule has 0 atom stereocenters. The molecule has 0 saturated heterocycles. The molecule has 0 aliphatic heterocycles. The van der Waals surface area contributed by atoms with Gasteiger partial charge in [0.15, 0.2) is 0 Å². The van der Waals surface area contributed by atoms with Crippen LogP contribution in [0.5, 0.6) is 0 Å². The Hall–Kier alpha value is 1.19. The van der Waals surface area contributed by atoms with E-state index in [1.54, 1.807) is 128 Å². The van der Waals surface area contributed by atoms with E-state index in [-0.39, 0.29) is 5.60 Å². The van der Waals surface area contributed by atoms with Gasteiger partial charge in [0.1, 0.15) is 0 Å². The normalized spacial score (nSPS) is 14.1. The van der Waals surface area contributed by atoms with E-state index in [1.807, 2.05) is 0 Å². The Labute approximate surface area is 486 Å². The maximum absolute atomic E-state index is 7.32. The summed E-state index contributed by atoms with van der Waals surface area (Å²) in [6.07, 6.45) is 11.1. The summed E-state index contributed by atoms with van der Waals surface area (Å²) < 4.78 is 113. The molecular formula is C50H120O19Si9. The summed E-state index contributed by atoms with van der Waals surface area (Å²) in [5.74, 6) is 0. The quantitative estimate of drug-likeness (QED) is 0.0415. The summed E-state index contributed by atoms with van der Waals surface area (Å²) in [6, 6.07) is 15.1. The van der Waals surface area contributed by atoms with E-state index in [4.69, 9.17) is 84.4 Å². The van der Waals surface area contributed by atoms with Gasteiger partial charge in [-0.05, 0) is 26.2 Å². The molecule has 0 saturated carbocycles. The zero-order valence-electron chi connectivity index (χ0n) is 53.8. The average Bonchev–Trinajstić information content (AvgIpc) is 3.46. The van der Waals surface area contributed by atoms with Crippen LogP contribution in [-0.4, -0.2) is 217 Å². The zero-order chi connectivity index (χ0) is 59.5. The molecular weight excluding hydrogens is 1160 g/mol. The number of hydrogen-bond acceptors (Lipinski definition) is 19. The third-order valence-corrected chi connectivity index (χ3v) is 48.6. The van der Waals surface area contributed by atoms with Gasteiger partial charge in [0.05, 0.1) is 29.8 Å². The van der Waals surface area contributed by atoms with Gasteiger partial charge in [-0.25, -0.2) is 0 Å². The molecule has 0 aliphatic carbocycles. The predicted octanol–water partition coefficient (Wildman–Crippen LogP) is 11.6. The first-order valence-corrected chi connectivity index (χ1v) is 49.5. The van der Waals surface area contributed by atoms with Gasteiger partial charge in [0, 0.05) is 171 Å². The molecule has 0 rings (SSSR count). The van der Waals surface area contributed by atoms with Crippen molar-refractivity contribution in [1.82, 2.24) is 0 Å². The Kier molecular flexibility index (Phi) is 41.2. The molecule has 0 bridgehead atoms. The van der Waals surface area contributed by atoms with Crippen molar-refractivity contribution in [3.63, 3.8) is 0 Å². The highest BCUT2D eigenvalue weighted by molar-refractivity contribution is 6.80. The molecule has 0 spiro atoms. The van der Waals surface area contributed by atoms with Crippen molar-refractivity contribution in [3.8, 4) is 0 Å². The van der Waals surface area contributed by atoms with Crippen molar-refractivity contribution in [2.75, 3.05) is 135 Å². The van der Waals surface area contributed by atoms with Gasteiger partial charge in [0.2, 0.25) is 0 Å². The second-order valence-electron chi connectivity index (χ2n) is 22.4. The first kappa shape index (κ1) is 79.2. The zero-order valence-corrected chi connectivity index (χ0v) is 62.8. The fourth-order valence-electron chi connectivity index (χ4n) is 11.7. The molecule has 19 nitrogen and oxygen atoms in total. The third kappa shape index (κ3) is 27.3. The van der Waals surface area contributed by atoms with E-state index >= 15 is 0 Å². The lowest BCUT2D eigenvalue weighted by Crippen LogP contribution is -2.44. The first-order valence-electron chi connectivity index (χ1n) is 28.5. The van der Waals surface area contributed by atoms with Crippen molar-refractivity contribution in [1.29, 1.82) is 0 Å². The Bertz CT molecular complexity index is 1290. The second kappa shape index (κ2) is 40.5. The van der Waals surface area contributed by atoms with Crippen LogP contribution in [0.25, 0.3) is 0 Å². The Morgan fingerprint density at radius 1 is 0.218 bits per heavy atom. The van der Waals surface area contributed by atoms with E-state index in [9.17, 15) is 0 Å². The van der Waals surface area contributed by atoms with Crippen LogP contribution in [0.2, 0.25) is 110 Å².